The van der Waals surface area contributed by atoms with Crippen LogP contribution in [-0.2, 0) is 4.74 Å². The van der Waals surface area contributed by atoms with E-state index in [0.717, 1.165) is 19.6 Å². The highest BCUT2D eigenvalue weighted by Gasteiger charge is 2.23. The lowest BCUT2D eigenvalue weighted by Crippen LogP contribution is -2.25. The van der Waals surface area contributed by atoms with Crippen LogP contribution in [0.25, 0.3) is 0 Å². The van der Waals surface area contributed by atoms with Crippen molar-refractivity contribution in [1.82, 2.24) is 5.32 Å². The van der Waals surface area contributed by atoms with Crippen LogP contribution in [0.15, 0.2) is 24.3 Å². The molecule has 0 atom stereocenters. The monoisotopic (exact) mass is 367 g/mol. The lowest BCUT2D eigenvalue weighted by atomic mass is 9.87. The summed E-state index contributed by atoms with van der Waals surface area (Å²) in [5, 5.41) is 3.48. The molecule has 0 aliphatic heterocycles. The van der Waals surface area contributed by atoms with Gasteiger partial charge in [0.15, 0.2) is 0 Å². The second-order valence-electron chi connectivity index (χ2n) is 8.34. The lowest BCUT2D eigenvalue weighted by molar-refractivity contribution is 0.0764. The summed E-state index contributed by atoms with van der Waals surface area (Å²) in [5.74, 6) is 0. The first-order chi connectivity index (χ1) is 12.7. The molecule has 0 saturated heterocycles. The molecular formula is C25H37NO. The Bertz CT molecular complexity index is 672. The molecule has 0 aliphatic carbocycles. The van der Waals surface area contributed by atoms with Crippen LogP contribution in [0, 0.1) is 41.5 Å². The van der Waals surface area contributed by atoms with Gasteiger partial charge in [0.25, 0.3) is 0 Å². The molecule has 148 valence electrons. The van der Waals surface area contributed by atoms with Crippen LogP contribution in [0.2, 0.25) is 0 Å². The largest absolute Gasteiger partial charge is 0.369 e. The molecule has 0 amide bonds. The zero-order valence-corrected chi connectivity index (χ0v) is 18.5. The van der Waals surface area contributed by atoms with Crippen LogP contribution in [0.4, 0.5) is 0 Å². The Morgan fingerprint density at radius 1 is 0.741 bits per heavy atom. The highest BCUT2D eigenvalue weighted by molar-refractivity contribution is 5.48. The molecule has 0 fully saturated rings. The normalized spacial score (nSPS) is 11.6. The van der Waals surface area contributed by atoms with Crippen molar-refractivity contribution in [3.05, 3.63) is 68.8 Å². The molecule has 0 bridgehead atoms. The maximum Gasteiger partial charge on any atom is 0.109 e. The third-order valence-electron chi connectivity index (χ3n) is 5.16. The van der Waals surface area contributed by atoms with Gasteiger partial charge in [-0.15, -0.1) is 0 Å². The maximum absolute atomic E-state index is 6.56. The van der Waals surface area contributed by atoms with Gasteiger partial charge in [0.2, 0.25) is 0 Å². The molecule has 0 radical (unpaired) electrons. The molecule has 1 N–H and O–H groups in total. The number of hydrogen-bond acceptors (Lipinski definition) is 2. The minimum Gasteiger partial charge on any atom is -0.369 e. The van der Waals surface area contributed by atoms with Crippen molar-refractivity contribution in [3.8, 4) is 0 Å². The summed E-state index contributed by atoms with van der Waals surface area (Å²) in [7, 11) is 0. The minimum absolute atomic E-state index is 0.00903. The van der Waals surface area contributed by atoms with E-state index < -0.39 is 0 Å². The topological polar surface area (TPSA) is 21.3 Å². The quantitative estimate of drug-likeness (QED) is 0.575. The second-order valence-corrected chi connectivity index (χ2v) is 8.34. The summed E-state index contributed by atoms with van der Waals surface area (Å²) in [6, 6.07) is 9.62. The van der Waals surface area contributed by atoms with Crippen LogP contribution >= 0.6 is 0 Å². The molecule has 2 rings (SSSR count). The maximum atomic E-state index is 6.56. The molecule has 2 aromatic rings. The highest BCUT2D eigenvalue weighted by atomic mass is 16.5. The zero-order valence-electron chi connectivity index (χ0n) is 18.5. The second kappa shape index (κ2) is 9.52. The first-order valence-electron chi connectivity index (χ1n) is 10.2. The number of benzene rings is 2. The van der Waals surface area contributed by atoms with E-state index in [1.807, 2.05) is 0 Å². The van der Waals surface area contributed by atoms with Crippen molar-refractivity contribution < 1.29 is 4.74 Å². The van der Waals surface area contributed by atoms with E-state index in [0.29, 0.717) is 6.04 Å². The van der Waals surface area contributed by atoms with Gasteiger partial charge in [-0.2, -0.15) is 0 Å². The Balaban J connectivity index is 2.39. The van der Waals surface area contributed by atoms with E-state index in [1.165, 1.54) is 44.5 Å². The standard InChI is InChI=1S/C25H37NO/c1-16(2)26-10-9-11-27-25(23-19(5)12-17(3)13-20(23)6)24-21(7)14-18(4)15-22(24)8/h12-16,25-26H,9-11H2,1-8H3. The average molecular weight is 368 g/mol. The molecule has 2 aromatic carbocycles. The van der Waals surface area contributed by atoms with E-state index >= 15 is 0 Å². The van der Waals surface area contributed by atoms with Gasteiger partial charge in [-0.3, -0.25) is 0 Å². The molecule has 0 spiro atoms. The zero-order chi connectivity index (χ0) is 20.1. The summed E-state index contributed by atoms with van der Waals surface area (Å²) < 4.78 is 6.56. The summed E-state index contributed by atoms with van der Waals surface area (Å²) >= 11 is 0. The van der Waals surface area contributed by atoms with Gasteiger partial charge in [0.1, 0.15) is 6.10 Å². The van der Waals surface area contributed by atoms with Gasteiger partial charge in [0.05, 0.1) is 0 Å². The Hall–Kier alpha value is -1.64. The fraction of sp³-hybridized carbons (Fsp3) is 0.520. The van der Waals surface area contributed by atoms with Crippen molar-refractivity contribution in [2.75, 3.05) is 13.2 Å². The fourth-order valence-electron chi connectivity index (χ4n) is 4.18. The number of rotatable bonds is 8. The SMILES string of the molecule is Cc1cc(C)c(C(OCCCNC(C)C)c2c(C)cc(C)cc2C)c(C)c1. The molecule has 0 saturated carbocycles. The van der Waals surface area contributed by atoms with Gasteiger partial charge in [-0.25, -0.2) is 0 Å². The van der Waals surface area contributed by atoms with E-state index in [-0.39, 0.29) is 6.10 Å². The van der Waals surface area contributed by atoms with Crippen LogP contribution in [0.3, 0.4) is 0 Å². The van der Waals surface area contributed by atoms with Gasteiger partial charge in [-0.1, -0.05) is 49.2 Å². The molecule has 0 aromatic heterocycles. The first-order valence-corrected chi connectivity index (χ1v) is 10.2. The highest BCUT2D eigenvalue weighted by Crippen LogP contribution is 2.36. The van der Waals surface area contributed by atoms with Gasteiger partial charge >= 0.3 is 0 Å². The minimum atomic E-state index is -0.00903. The molecule has 2 heteroatoms. The third-order valence-corrected chi connectivity index (χ3v) is 5.16. The predicted molar refractivity (Wildman–Crippen MR) is 117 cm³/mol. The average Bonchev–Trinajstić information content (AvgIpc) is 2.51. The van der Waals surface area contributed by atoms with Crippen molar-refractivity contribution in [2.24, 2.45) is 0 Å². The molecule has 2 nitrogen and oxygen atoms in total. The number of nitrogens with one attached hydrogen (secondary N) is 1. The Kier molecular flexibility index (Phi) is 7.64. The smallest absolute Gasteiger partial charge is 0.109 e. The third kappa shape index (κ3) is 5.67. The summed E-state index contributed by atoms with van der Waals surface area (Å²) in [5.41, 5.74) is 10.5. The number of ether oxygens (including phenoxy) is 1. The van der Waals surface area contributed by atoms with Crippen LogP contribution in [0.5, 0.6) is 0 Å². The van der Waals surface area contributed by atoms with Gasteiger partial charge in [-0.05, 0) is 87.9 Å². The predicted octanol–water partition coefficient (Wildman–Crippen LogP) is 6.03. The Morgan fingerprint density at radius 2 is 1.15 bits per heavy atom. The van der Waals surface area contributed by atoms with Crippen LogP contribution in [0.1, 0.15) is 70.9 Å². The Labute approximate surface area is 166 Å². The molecular weight excluding hydrogens is 330 g/mol. The van der Waals surface area contributed by atoms with Crippen molar-refractivity contribution in [3.63, 3.8) is 0 Å². The van der Waals surface area contributed by atoms with Crippen LogP contribution < -0.4 is 5.32 Å². The number of aryl methyl sites for hydroxylation is 6. The van der Waals surface area contributed by atoms with Crippen molar-refractivity contribution in [2.45, 2.75) is 74.0 Å². The molecule has 0 heterocycles. The van der Waals surface area contributed by atoms with Crippen molar-refractivity contribution in [1.29, 1.82) is 0 Å². The van der Waals surface area contributed by atoms with Crippen molar-refractivity contribution >= 4 is 0 Å². The number of hydrogen-bond donors (Lipinski definition) is 1. The molecule has 0 unspecified atom stereocenters. The van der Waals surface area contributed by atoms with Gasteiger partial charge in [0, 0.05) is 12.6 Å². The summed E-state index contributed by atoms with van der Waals surface area (Å²) in [4.78, 5) is 0. The van der Waals surface area contributed by atoms with E-state index in [2.05, 4.69) is 85.0 Å². The van der Waals surface area contributed by atoms with E-state index in [1.54, 1.807) is 0 Å². The molecule has 27 heavy (non-hydrogen) atoms. The van der Waals surface area contributed by atoms with E-state index in [4.69, 9.17) is 4.74 Å². The van der Waals surface area contributed by atoms with Gasteiger partial charge < -0.3 is 10.1 Å². The van der Waals surface area contributed by atoms with E-state index in [9.17, 15) is 0 Å². The Morgan fingerprint density at radius 3 is 1.52 bits per heavy atom. The fourth-order valence-corrected chi connectivity index (χ4v) is 4.18. The lowest BCUT2D eigenvalue weighted by Gasteiger charge is -2.27. The summed E-state index contributed by atoms with van der Waals surface area (Å²) in [6.45, 7) is 19.3. The van der Waals surface area contributed by atoms with Crippen LogP contribution in [-0.4, -0.2) is 19.2 Å². The first kappa shape index (κ1) is 21.7. The summed E-state index contributed by atoms with van der Waals surface area (Å²) in [6.07, 6.45) is 1.01. The molecule has 0 aliphatic rings.